The molecule has 2 aromatic heterocycles. The molecule has 0 unspecified atom stereocenters. The van der Waals surface area contributed by atoms with Crippen molar-refractivity contribution in [3.63, 3.8) is 0 Å². The molecule has 0 aliphatic heterocycles. The molecule has 2 aromatic rings. The van der Waals surface area contributed by atoms with Crippen molar-refractivity contribution in [2.75, 3.05) is 0 Å². The molecule has 9 heteroatoms. The number of nitrogens with zero attached hydrogens (tertiary/aromatic N) is 4. The summed E-state index contributed by atoms with van der Waals surface area (Å²) >= 11 is 5.59. The summed E-state index contributed by atoms with van der Waals surface area (Å²) in [5.41, 5.74) is 0.262. The van der Waals surface area contributed by atoms with E-state index in [1.54, 1.807) is 13.0 Å². The Kier molecular flexibility index (Phi) is 2.88. The first-order valence-corrected chi connectivity index (χ1v) is 4.80. The third-order valence-electron chi connectivity index (χ3n) is 1.81. The predicted molar refractivity (Wildman–Crippen MR) is 57.1 cm³/mol. The minimum atomic E-state index is -0.711. The lowest BCUT2D eigenvalue weighted by molar-refractivity contribution is -0.386. The van der Waals surface area contributed by atoms with E-state index in [0.29, 0.717) is 0 Å². The summed E-state index contributed by atoms with van der Waals surface area (Å²) in [6.45, 7) is 1.77. The summed E-state index contributed by atoms with van der Waals surface area (Å²) in [5, 5.41) is 16.9. The van der Waals surface area contributed by atoms with Gasteiger partial charge in [-0.2, -0.15) is 4.98 Å². The molecule has 0 atom stereocenters. The van der Waals surface area contributed by atoms with Crippen molar-refractivity contribution in [1.29, 1.82) is 0 Å². The molecule has 0 amide bonds. The molecule has 2 rings (SSSR count). The zero-order valence-electron chi connectivity index (χ0n) is 8.55. The highest BCUT2D eigenvalue weighted by Crippen LogP contribution is 2.32. The highest BCUT2D eigenvalue weighted by Gasteiger charge is 2.24. The smallest absolute Gasteiger partial charge is 0.368 e. The maximum Gasteiger partial charge on any atom is 0.368 e. The van der Waals surface area contributed by atoms with Crippen molar-refractivity contribution < 1.29 is 9.66 Å². The lowest BCUT2D eigenvalue weighted by Gasteiger charge is -2.01. The standard InChI is InChI=1S/C8H6ClN5O3/c1-4-2-5(13-12-4)17-8-6(14(15)16)7(9)10-3-11-8/h2-3H,1H3,(H,12,13). The molecule has 2 heterocycles. The van der Waals surface area contributed by atoms with E-state index < -0.39 is 10.6 Å². The van der Waals surface area contributed by atoms with Crippen molar-refractivity contribution in [2.24, 2.45) is 0 Å². The average Bonchev–Trinajstić information content (AvgIpc) is 2.63. The predicted octanol–water partition coefficient (Wildman–Crippen LogP) is 1.86. The van der Waals surface area contributed by atoms with E-state index in [0.717, 1.165) is 12.0 Å². The Bertz CT molecular complexity index is 570. The summed E-state index contributed by atoms with van der Waals surface area (Å²) in [4.78, 5) is 17.2. The number of aromatic amines is 1. The fourth-order valence-electron chi connectivity index (χ4n) is 1.11. The summed E-state index contributed by atoms with van der Waals surface area (Å²) in [5.74, 6) is -0.0816. The van der Waals surface area contributed by atoms with Crippen LogP contribution in [0.25, 0.3) is 0 Å². The first-order valence-electron chi connectivity index (χ1n) is 4.42. The van der Waals surface area contributed by atoms with Crippen LogP contribution in [0, 0.1) is 17.0 Å². The maximum absolute atomic E-state index is 10.8. The Balaban J connectivity index is 2.39. The Morgan fingerprint density at radius 3 is 2.88 bits per heavy atom. The Morgan fingerprint density at radius 1 is 1.53 bits per heavy atom. The van der Waals surface area contributed by atoms with Crippen LogP contribution in [0.3, 0.4) is 0 Å². The van der Waals surface area contributed by atoms with Crippen LogP contribution in [-0.4, -0.2) is 25.1 Å². The minimum Gasteiger partial charge on any atom is -0.413 e. The third kappa shape index (κ3) is 2.31. The van der Waals surface area contributed by atoms with Crippen molar-refractivity contribution >= 4 is 17.3 Å². The van der Waals surface area contributed by atoms with E-state index in [4.69, 9.17) is 16.3 Å². The van der Waals surface area contributed by atoms with Gasteiger partial charge in [0.2, 0.25) is 11.0 Å². The third-order valence-corrected chi connectivity index (χ3v) is 2.09. The van der Waals surface area contributed by atoms with Gasteiger partial charge < -0.3 is 4.74 Å². The van der Waals surface area contributed by atoms with Gasteiger partial charge in [-0.1, -0.05) is 11.6 Å². The Labute approximate surface area is 99.8 Å². The first kappa shape index (κ1) is 11.3. The fourth-order valence-corrected chi connectivity index (χ4v) is 1.31. The van der Waals surface area contributed by atoms with Crippen LogP contribution in [0.15, 0.2) is 12.4 Å². The second kappa shape index (κ2) is 4.34. The molecule has 0 aliphatic rings. The molecule has 0 saturated heterocycles. The number of nitrogens with one attached hydrogen (secondary N) is 1. The van der Waals surface area contributed by atoms with E-state index in [1.165, 1.54) is 0 Å². The van der Waals surface area contributed by atoms with Crippen molar-refractivity contribution in [2.45, 2.75) is 6.92 Å². The highest BCUT2D eigenvalue weighted by molar-refractivity contribution is 6.31. The van der Waals surface area contributed by atoms with Crippen LogP contribution < -0.4 is 4.74 Å². The molecule has 0 radical (unpaired) electrons. The van der Waals surface area contributed by atoms with Crippen LogP contribution in [0.4, 0.5) is 5.69 Å². The molecule has 8 nitrogen and oxygen atoms in total. The zero-order valence-corrected chi connectivity index (χ0v) is 9.30. The van der Waals surface area contributed by atoms with Gasteiger partial charge in [0, 0.05) is 11.8 Å². The number of hydrogen-bond donors (Lipinski definition) is 1. The minimum absolute atomic E-state index is 0.167. The molecule has 88 valence electrons. The summed E-state index contributed by atoms with van der Waals surface area (Å²) in [7, 11) is 0. The molecular weight excluding hydrogens is 250 g/mol. The van der Waals surface area contributed by atoms with E-state index in [1.807, 2.05) is 0 Å². The van der Waals surface area contributed by atoms with Crippen LogP contribution in [0.5, 0.6) is 11.8 Å². The van der Waals surface area contributed by atoms with Gasteiger partial charge in [0.05, 0.1) is 4.92 Å². The number of aromatic nitrogens is 4. The quantitative estimate of drug-likeness (QED) is 0.510. The van der Waals surface area contributed by atoms with E-state index in [9.17, 15) is 10.1 Å². The highest BCUT2D eigenvalue weighted by atomic mass is 35.5. The molecule has 0 saturated carbocycles. The second-order valence-electron chi connectivity index (χ2n) is 3.07. The van der Waals surface area contributed by atoms with Gasteiger partial charge >= 0.3 is 11.6 Å². The van der Waals surface area contributed by atoms with E-state index in [-0.39, 0.29) is 16.9 Å². The second-order valence-corrected chi connectivity index (χ2v) is 3.42. The van der Waals surface area contributed by atoms with E-state index >= 15 is 0 Å². The summed E-state index contributed by atoms with van der Waals surface area (Å²) < 4.78 is 5.15. The largest absolute Gasteiger partial charge is 0.413 e. The van der Waals surface area contributed by atoms with Gasteiger partial charge in [0.1, 0.15) is 6.33 Å². The first-order chi connectivity index (χ1) is 8.08. The molecule has 17 heavy (non-hydrogen) atoms. The molecule has 0 aliphatic carbocycles. The monoisotopic (exact) mass is 255 g/mol. The SMILES string of the molecule is Cc1cc(Oc2ncnc(Cl)c2[N+](=O)[O-])n[nH]1. The molecule has 0 fully saturated rings. The number of halogens is 1. The molecule has 1 N–H and O–H groups in total. The average molecular weight is 256 g/mol. The van der Waals surface area contributed by atoms with Crippen LogP contribution in [-0.2, 0) is 0 Å². The summed E-state index contributed by atoms with van der Waals surface area (Å²) in [6.07, 6.45) is 1.07. The number of rotatable bonds is 3. The number of H-pyrrole nitrogens is 1. The van der Waals surface area contributed by atoms with Gasteiger partial charge in [0.25, 0.3) is 0 Å². The topological polar surface area (TPSA) is 107 Å². The number of hydrogen-bond acceptors (Lipinski definition) is 6. The van der Waals surface area contributed by atoms with Crippen molar-refractivity contribution in [3.05, 3.63) is 33.4 Å². The Morgan fingerprint density at radius 2 is 2.29 bits per heavy atom. The molecular formula is C8H6ClN5O3. The fraction of sp³-hybridized carbons (Fsp3) is 0.125. The number of nitro groups is 1. The van der Waals surface area contributed by atoms with Gasteiger partial charge in [-0.3, -0.25) is 15.2 Å². The number of aryl methyl sites for hydroxylation is 1. The molecule has 0 aromatic carbocycles. The summed E-state index contributed by atoms with van der Waals surface area (Å²) in [6, 6.07) is 1.57. The Hall–Kier alpha value is -2.22. The normalized spacial score (nSPS) is 10.2. The lowest BCUT2D eigenvalue weighted by Crippen LogP contribution is -1.98. The van der Waals surface area contributed by atoms with E-state index in [2.05, 4.69) is 20.2 Å². The molecule has 0 bridgehead atoms. The van der Waals surface area contributed by atoms with Gasteiger partial charge in [-0.25, -0.2) is 4.98 Å². The van der Waals surface area contributed by atoms with Gasteiger partial charge in [-0.15, -0.1) is 5.10 Å². The van der Waals surface area contributed by atoms with Crippen LogP contribution in [0.2, 0.25) is 5.15 Å². The van der Waals surface area contributed by atoms with Crippen molar-refractivity contribution in [3.8, 4) is 11.8 Å². The van der Waals surface area contributed by atoms with Gasteiger partial charge in [-0.05, 0) is 6.92 Å². The zero-order chi connectivity index (χ0) is 12.4. The maximum atomic E-state index is 10.8. The van der Waals surface area contributed by atoms with Crippen molar-refractivity contribution in [1.82, 2.24) is 20.2 Å². The molecule has 0 spiro atoms. The lowest BCUT2D eigenvalue weighted by atomic mass is 10.5. The van der Waals surface area contributed by atoms with Crippen LogP contribution >= 0.6 is 11.6 Å². The van der Waals surface area contributed by atoms with Crippen LogP contribution in [0.1, 0.15) is 5.69 Å². The number of ether oxygens (including phenoxy) is 1. The van der Waals surface area contributed by atoms with Gasteiger partial charge in [0.15, 0.2) is 0 Å².